The van der Waals surface area contributed by atoms with Crippen molar-refractivity contribution in [1.29, 1.82) is 0 Å². The molecule has 0 atom stereocenters. The van der Waals surface area contributed by atoms with Crippen LogP contribution >= 0.6 is 0 Å². The first kappa shape index (κ1) is 19.3. The molecule has 0 saturated carbocycles. The van der Waals surface area contributed by atoms with Crippen molar-refractivity contribution in [2.24, 2.45) is 0 Å². The molecular weight excluding hydrogens is 316 g/mol. The molecule has 0 unspecified atom stereocenters. The van der Waals surface area contributed by atoms with Crippen LogP contribution in [0.5, 0.6) is 5.75 Å². The molecule has 1 rings (SSSR count). The van der Waals surface area contributed by atoms with Crippen LogP contribution in [0.25, 0.3) is 0 Å². The Morgan fingerprint density at radius 3 is 2.48 bits per heavy atom. The fraction of sp³-hybridized carbons (Fsp3) is 0.562. The largest absolute Gasteiger partial charge is 0.494 e. The van der Waals surface area contributed by atoms with E-state index in [0.29, 0.717) is 18.0 Å². The van der Waals surface area contributed by atoms with Gasteiger partial charge in [0.25, 0.3) is 0 Å². The molecule has 0 bridgehead atoms. The van der Waals surface area contributed by atoms with Crippen LogP contribution in [-0.2, 0) is 14.8 Å². The Morgan fingerprint density at radius 2 is 1.96 bits per heavy atom. The molecule has 130 valence electrons. The molecule has 1 N–H and O–H groups in total. The minimum absolute atomic E-state index is 0.266. The second kappa shape index (κ2) is 7.68. The summed E-state index contributed by atoms with van der Waals surface area (Å²) in [7, 11) is -3.59. The van der Waals surface area contributed by atoms with Crippen LogP contribution < -0.4 is 14.4 Å². The minimum Gasteiger partial charge on any atom is -0.494 e. The van der Waals surface area contributed by atoms with Gasteiger partial charge < -0.3 is 10.1 Å². The lowest BCUT2D eigenvalue weighted by molar-refractivity contribution is -0.121. The molecule has 0 fully saturated rings. The minimum atomic E-state index is -3.59. The highest BCUT2D eigenvalue weighted by molar-refractivity contribution is 7.92. The van der Waals surface area contributed by atoms with Crippen LogP contribution in [0.2, 0.25) is 0 Å². The molecule has 0 spiro atoms. The Kier molecular flexibility index (Phi) is 6.44. The zero-order valence-corrected chi connectivity index (χ0v) is 15.2. The van der Waals surface area contributed by atoms with E-state index in [1.807, 2.05) is 27.7 Å². The molecule has 6 nitrogen and oxygen atoms in total. The summed E-state index contributed by atoms with van der Waals surface area (Å²) in [5.41, 5.74) is 0.0239. The van der Waals surface area contributed by atoms with Gasteiger partial charge in [-0.05, 0) is 39.3 Å². The highest BCUT2D eigenvalue weighted by atomic mass is 32.2. The smallest absolute Gasteiger partial charge is 0.241 e. The summed E-state index contributed by atoms with van der Waals surface area (Å²) in [6, 6.07) is 6.70. The van der Waals surface area contributed by atoms with Gasteiger partial charge in [0.05, 0.1) is 18.6 Å². The summed E-state index contributed by atoms with van der Waals surface area (Å²) in [4.78, 5) is 12.2. The number of amides is 1. The van der Waals surface area contributed by atoms with E-state index in [1.54, 1.807) is 24.3 Å². The molecule has 0 heterocycles. The first-order chi connectivity index (χ1) is 10.6. The maximum absolute atomic E-state index is 12.2. The van der Waals surface area contributed by atoms with E-state index in [1.165, 1.54) is 0 Å². The number of hydrogen-bond acceptors (Lipinski definition) is 4. The van der Waals surface area contributed by atoms with Crippen molar-refractivity contribution in [3.63, 3.8) is 0 Å². The van der Waals surface area contributed by atoms with Crippen LogP contribution in [0.3, 0.4) is 0 Å². The van der Waals surface area contributed by atoms with Gasteiger partial charge in [0, 0.05) is 11.6 Å². The quantitative estimate of drug-likeness (QED) is 0.785. The van der Waals surface area contributed by atoms with Gasteiger partial charge in [-0.25, -0.2) is 8.42 Å². The normalized spacial score (nSPS) is 11.9. The molecule has 0 aromatic heterocycles. The summed E-state index contributed by atoms with van der Waals surface area (Å²) in [5.74, 6) is 0.219. The number of rotatable bonds is 8. The van der Waals surface area contributed by atoms with E-state index < -0.39 is 10.0 Å². The fourth-order valence-electron chi connectivity index (χ4n) is 1.93. The molecular formula is C16H26N2O4S. The predicted molar refractivity (Wildman–Crippen MR) is 92.3 cm³/mol. The molecule has 0 aliphatic rings. The lowest BCUT2D eigenvalue weighted by atomic mass is 10.0. The van der Waals surface area contributed by atoms with Gasteiger partial charge in [-0.3, -0.25) is 9.10 Å². The van der Waals surface area contributed by atoms with Crippen molar-refractivity contribution >= 4 is 21.6 Å². The maximum Gasteiger partial charge on any atom is 0.241 e. The lowest BCUT2D eigenvalue weighted by Crippen LogP contribution is -2.48. The molecule has 7 heteroatoms. The summed E-state index contributed by atoms with van der Waals surface area (Å²) >= 11 is 0. The molecule has 0 aliphatic carbocycles. The number of sulfonamides is 1. The third-order valence-corrected chi connectivity index (χ3v) is 4.61. The third kappa shape index (κ3) is 6.09. The summed E-state index contributed by atoms with van der Waals surface area (Å²) in [5, 5.41) is 2.84. The number of nitrogens with zero attached hydrogens (tertiary/aromatic N) is 1. The third-order valence-electron chi connectivity index (χ3n) is 3.47. The summed E-state index contributed by atoms with van der Waals surface area (Å²) in [6.07, 6.45) is 1.83. The van der Waals surface area contributed by atoms with Crippen molar-refractivity contribution in [2.45, 2.75) is 39.7 Å². The molecule has 1 amide bonds. The van der Waals surface area contributed by atoms with E-state index in [9.17, 15) is 13.2 Å². The second-order valence-electron chi connectivity index (χ2n) is 5.99. The molecule has 1 aromatic carbocycles. The van der Waals surface area contributed by atoms with Gasteiger partial charge >= 0.3 is 0 Å². The number of nitrogens with one attached hydrogen (secondary N) is 1. The molecule has 1 aromatic rings. The first-order valence-corrected chi connectivity index (χ1v) is 9.45. The van der Waals surface area contributed by atoms with Crippen LogP contribution in [0, 0.1) is 0 Å². The average molecular weight is 342 g/mol. The Labute approximate surface area is 138 Å². The summed E-state index contributed by atoms with van der Waals surface area (Å²) < 4.78 is 30.6. The van der Waals surface area contributed by atoms with Crippen molar-refractivity contribution in [3.8, 4) is 5.75 Å². The number of ether oxygens (including phenoxy) is 1. The van der Waals surface area contributed by atoms with Crippen molar-refractivity contribution in [3.05, 3.63) is 24.3 Å². The standard InChI is InChI=1S/C16H26N2O4S/c1-6-16(3,4)17-15(19)12-18(23(5,20)21)13-9-8-10-14(11-13)22-7-2/h8-11H,6-7,12H2,1-5H3,(H,17,19). The van der Waals surface area contributed by atoms with Gasteiger partial charge in [0.1, 0.15) is 12.3 Å². The van der Waals surface area contributed by atoms with Gasteiger partial charge in [-0.1, -0.05) is 13.0 Å². The van der Waals surface area contributed by atoms with Gasteiger partial charge in [0.2, 0.25) is 15.9 Å². The fourth-order valence-corrected chi connectivity index (χ4v) is 2.78. The number of anilines is 1. The van der Waals surface area contributed by atoms with E-state index in [0.717, 1.165) is 17.0 Å². The van der Waals surface area contributed by atoms with Crippen molar-refractivity contribution < 1.29 is 17.9 Å². The maximum atomic E-state index is 12.2. The SMILES string of the molecule is CCOc1cccc(N(CC(=O)NC(C)(C)CC)S(C)(=O)=O)c1. The van der Waals surface area contributed by atoms with Crippen molar-refractivity contribution in [2.75, 3.05) is 23.7 Å². The van der Waals surface area contributed by atoms with Crippen LogP contribution in [0.15, 0.2) is 24.3 Å². The predicted octanol–water partition coefficient (Wildman–Crippen LogP) is 2.16. The lowest BCUT2D eigenvalue weighted by Gasteiger charge is -2.27. The van der Waals surface area contributed by atoms with Crippen LogP contribution in [0.1, 0.15) is 34.1 Å². The van der Waals surface area contributed by atoms with E-state index >= 15 is 0 Å². The highest BCUT2D eigenvalue weighted by Crippen LogP contribution is 2.23. The number of benzene rings is 1. The van der Waals surface area contributed by atoms with Crippen LogP contribution in [0.4, 0.5) is 5.69 Å². The molecule has 0 aliphatic heterocycles. The van der Waals surface area contributed by atoms with Gasteiger partial charge in [-0.15, -0.1) is 0 Å². The summed E-state index contributed by atoms with van der Waals surface area (Å²) in [6.45, 7) is 7.81. The van der Waals surface area contributed by atoms with Gasteiger partial charge in [0.15, 0.2) is 0 Å². The zero-order valence-electron chi connectivity index (χ0n) is 14.4. The Balaban J connectivity index is 3.03. The van der Waals surface area contributed by atoms with E-state index in [4.69, 9.17) is 4.74 Å². The topological polar surface area (TPSA) is 75.7 Å². The number of hydrogen-bond donors (Lipinski definition) is 1. The Bertz CT molecular complexity index is 641. The molecule has 0 radical (unpaired) electrons. The van der Waals surface area contributed by atoms with Crippen molar-refractivity contribution in [1.82, 2.24) is 5.32 Å². The first-order valence-electron chi connectivity index (χ1n) is 7.60. The molecule has 23 heavy (non-hydrogen) atoms. The molecule has 0 saturated heterocycles. The Hall–Kier alpha value is -1.76. The highest BCUT2D eigenvalue weighted by Gasteiger charge is 2.24. The average Bonchev–Trinajstić information content (AvgIpc) is 2.44. The zero-order chi connectivity index (χ0) is 17.7. The van der Waals surface area contributed by atoms with E-state index in [-0.39, 0.29) is 18.0 Å². The number of carbonyl (C=O) groups is 1. The van der Waals surface area contributed by atoms with Gasteiger partial charge in [-0.2, -0.15) is 0 Å². The number of carbonyl (C=O) groups excluding carboxylic acids is 1. The Morgan fingerprint density at radius 1 is 1.30 bits per heavy atom. The second-order valence-corrected chi connectivity index (χ2v) is 7.89. The van der Waals surface area contributed by atoms with Crippen LogP contribution in [-0.4, -0.2) is 39.3 Å². The monoisotopic (exact) mass is 342 g/mol. The van der Waals surface area contributed by atoms with E-state index in [2.05, 4.69) is 5.32 Å².